The van der Waals surface area contributed by atoms with E-state index in [1.807, 2.05) is 6.92 Å². The number of carbonyl (C=O) groups is 1. The van der Waals surface area contributed by atoms with Crippen LogP contribution in [0.3, 0.4) is 0 Å². The zero-order chi connectivity index (χ0) is 18.6. The first-order valence-corrected chi connectivity index (χ1v) is 8.45. The van der Waals surface area contributed by atoms with Gasteiger partial charge in [-0.25, -0.2) is 4.98 Å². The average Bonchev–Trinajstić information content (AvgIpc) is 2.53. The Kier molecular flexibility index (Phi) is 6.12. The van der Waals surface area contributed by atoms with Crippen LogP contribution in [0.5, 0.6) is 0 Å². The molecular weight excluding hydrogens is 379 g/mol. The summed E-state index contributed by atoms with van der Waals surface area (Å²) in [7, 11) is 0. The highest BCUT2D eigenvalue weighted by Gasteiger charge is 2.31. The lowest BCUT2D eigenvalue weighted by Crippen LogP contribution is -2.16. The Morgan fingerprint density at radius 1 is 1.36 bits per heavy atom. The monoisotopic (exact) mass is 391 g/mol. The molecule has 134 valence electrons. The van der Waals surface area contributed by atoms with Gasteiger partial charge in [0.05, 0.1) is 22.0 Å². The molecule has 1 aromatic heterocycles. The fraction of sp³-hybridized carbons (Fsp3) is 0.267. The van der Waals surface area contributed by atoms with E-state index >= 15 is 0 Å². The standard InChI is InChI=1S/C15H13ClF3N3O2S/c1-2-9-6-12(23)22-14(20-9)25-7-13(24)21-11-5-8(15(17,18)19)3-4-10(11)16/h3-6H,2,7H2,1H3,(H,21,24)(H,20,22,23). The highest BCUT2D eigenvalue weighted by atomic mass is 35.5. The van der Waals surface area contributed by atoms with Crippen molar-refractivity contribution in [1.82, 2.24) is 9.97 Å². The first-order valence-electron chi connectivity index (χ1n) is 7.08. The van der Waals surface area contributed by atoms with Crippen molar-refractivity contribution >= 4 is 35.0 Å². The third-order valence-electron chi connectivity index (χ3n) is 3.04. The lowest BCUT2D eigenvalue weighted by molar-refractivity contribution is -0.137. The van der Waals surface area contributed by atoms with Crippen molar-refractivity contribution in [1.29, 1.82) is 0 Å². The molecule has 0 spiro atoms. The SMILES string of the molecule is CCc1cc(=O)[nH]c(SCC(=O)Nc2cc(C(F)(F)F)ccc2Cl)n1. The van der Waals surface area contributed by atoms with Crippen LogP contribution in [0.2, 0.25) is 5.02 Å². The van der Waals surface area contributed by atoms with E-state index in [4.69, 9.17) is 11.6 Å². The number of aromatic nitrogens is 2. The predicted octanol–water partition coefficient (Wildman–Crippen LogP) is 3.74. The van der Waals surface area contributed by atoms with Gasteiger partial charge in [0, 0.05) is 11.8 Å². The maximum Gasteiger partial charge on any atom is 0.416 e. The number of aromatic amines is 1. The zero-order valence-corrected chi connectivity index (χ0v) is 14.5. The van der Waals surface area contributed by atoms with Gasteiger partial charge in [0.25, 0.3) is 5.56 Å². The molecule has 0 saturated carbocycles. The fourth-order valence-electron chi connectivity index (χ4n) is 1.85. The summed E-state index contributed by atoms with van der Waals surface area (Å²) >= 11 is 6.78. The first kappa shape index (κ1) is 19.3. The Labute approximate surface area is 150 Å². The summed E-state index contributed by atoms with van der Waals surface area (Å²) in [6.07, 6.45) is -3.98. The van der Waals surface area contributed by atoms with Crippen molar-refractivity contribution in [2.24, 2.45) is 0 Å². The summed E-state index contributed by atoms with van der Waals surface area (Å²) in [5.74, 6) is -0.723. The van der Waals surface area contributed by atoms with Crippen LogP contribution in [0.1, 0.15) is 18.2 Å². The Bertz CT molecular complexity index is 840. The number of halogens is 4. The Morgan fingerprint density at radius 3 is 2.72 bits per heavy atom. The molecule has 1 amide bonds. The second-order valence-corrected chi connectivity index (χ2v) is 6.30. The Balaban J connectivity index is 2.06. The first-order chi connectivity index (χ1) is 11.7. The molecule has 2 N–H and O–H groups in total. The molecule has 0 unspecified atom stereocenters. The summed E-state index contributed by atoms with van der Waals surface area (Å²) in [5, 5.41) is 2.58. The minimum atomic E-state index is -4.54. The number of anilines is 1. The molecule has 0 fully saturated rings. The number of aryl methyl sites for hydroxylation is 1. The molecule has 0 aliphatic heterocycles. The van der Waals surface area contributed by atoms with E-state index in [0.717, 1.165) is 30.0 Å². The number of nitrogens with zero attached hydrogens (tertiary/aromatic N) is 1. The molecule has 5 nitrogen and oxygen atoms in total. The van der Waals surface area contributed by atoms with Crippen molar-refractivity contribution in [2.75, 3.05) is 11.1 Å². The number of hydrogen-bond donors (Lipinski definition) is 2. The topological polar surface area (TPSA) is 74.8 Å². The van der Waals surface area contributed by atoms with Crippen LogP contribution >= 0.6 is 23.4 Å². The number of rotatable bonds is 5. The molecule has 0 aliphatic carbocycles. The number of alkyl halides is 3. The molecule has 2 rings (SSSR count). The van der Waals surface area contributed by atoms with E-state index in [-0.39, 0.29) is 27.2 Å². The van der Waals surface area contributed by atoms with E-state index in [2.05, 4.69) is 15.3 Å². The van der Waals surface area contributed by atoms with Gasteiger partial charge in [0.1, 0.15) is 0 Å². The van der Waals surface area contributed by atoms with Crippen LogP contribution in [-0.4, -0.2) is 21.6 Å². The summed E-state index contributed by atoms with van der Waals surface area (Å²) < 4.78 is 38.1. The zero-order valence-electron chi connectivity index (χ0n) is 12.9. The number of nitrogens with one attached hydrogen (secondary N) is 2. The molecule has 0 bridgehead atoms. The smallest absolute Gasteiger partial charge is 0.324 e. The van der Waals surface area contributed by atoms with Gasteiger partial charge in [-0.1, -0.05) is 30.3 Å². The summed E-state index contributed by atoms with van der Waals surface area (Å²) in [4.78, 5) is 30.0. The Morgan fingerprint density at radius 2 is 2.08 bits per heavy atom. The van der Waals surface area contributed by atoms with Crippen molar-refractivity contribution in [3.8, 4) is 0 Å². The molecular formula is C15H13ClF3N3O2S. The van der Waals surface area contributed by atoms with Gasteiger partial charge < -0.3 is 10.3 Å². The minimum absolute atomic E-state index is 0.00846. The predicted molar refractivity (Wildman–Crippen MR) is 90.0 cm³/mol. The second kappa shape index (κ2) is 7.92. The van der Waals surface area contributed by atoms with Gasteiger partial charge >= 0.3 is 6.18 Å². The molecule has 1 heterocycles. The van der Waals surface area contributed by atoms with Gasteiger partial charge in [0.15, 0.2) is 5.16 Å². The maximum absolute atomic E-state index is 12.7. The summed E-state index contributed by atoms with van der Waals surface area (Å²) in [5.41, 5.74) is -0.810. The number of H-pyrrole nitrogens is 1. The molecule has 10 heteroatoms. The molecule has 0 atom stereocenters. The number of hydrogen-bond acceptors (Lipinski definition) is 4. The lowest BCUT2D eigenvalue weighted by Gasteiger charge is -2.11. The molecule has 0 aliphatic rings. The molecule has 25 heavy (non-hydrogen) atoms. The Hall–Kier alpha value is -2.00. The van der Waals surface area contributed by atoms with Crippen molar-refractivity contribution in [2.45, 2.75) is 24.7 Å². The molecule has 0 saturated heterocycles. The van der Waals surface area contributed by atoms with Crippen LogP contribution in [0.4, 0.5) is 18.9 Å². The van der Waals surface area contributed by atoms with Crippen LogP contribution in [0, 0.1) is 0 Å². The normalized spacial score (nSPS) is 11.4. The van der Waals surface area contributed by atoms with Gasteiger partial charge in [-0.05, 0) is 24.6 Å². The van der Waals surface area contributed by atoms with Crippen LogP contribution in [-0.2, 0) is 17.4 Å². The van der Waals surface area contributed by atoms with Gasteiger partial charge in [0.2, 0.25) is 5.91 Å². The molecule has 2 aromatic rings. The van der Waals surface area contributed by atoms with Gasteiger partial charge in [-0.2, -0.15) is 13.2 Å². The quantitative estimate of drug-likeness (QED) is 0.601. The maximum atomic E-state index is 12.7. The van der Waals surface area contributed by atoms with Gasteiger partial charge in [-0.15, -0.1) is 0 Å². The number of benzene rings is 1. The molecule has 1 aromatic carbocycles. The van der Waals surface area contributed by atoms with E-state index in [1.54, 1.807) is 0 Å². The second-order valence-electron chi connectivity index (χ2n) is 4.92. The van der Waals surface area contributed by atoms with E-state index < -0.39 is 17.6 Å². The fourth-order valence-corrected chi connectivity index (χ4v) is 2.71. The highest BCUT2D eigenvalue weighted by Crippen LogP contribution is 2.33. The number of carbonyl (C=O) groups excluding carboxylic acids is 1. The number of thioether (sulfide) groups is 1. The van der Waals surface area contributed by atoms with Gasteiger partial charge in [-0.3, -0.25) is 9.59 Å². The lowest BCUT2D eigenvalue weighted by atomic mass is 10.2. The van der Waals surface area contributed by atoms with E-state index in [9.17, 15) is 22.8 Å². The van der Waals surface area contributed by atoms with Crippen LogP contribution < -0.4 is 10.9 Å². The minimum Gasteiger partial charge on any atom is -0.324 e. The summed E-state index contributed by atoms with van der Waals surface area (Å²) in [6, 6.07) is 4.02. The van der Waals surface area contributed by atoms with E-state index in [0.29, 0.717) is 12.1 Å². The van der Waals surface area contributed by atoms with Crippen LogP contribution in [0.15, 0.2) is 34.2 Å². The van der Waals surface area contributed by atoms with Crippen LogP contribution in [0.25, 0.3) is 0 Å². The third-order valence-corrected chi connectivity index (χ3v) is 4.25. The largest absolute Gasteiger partial charge is 0.416 e. The number of amides is 1. The average molecular weight is 392 g/mol. The van der Waals surface area contributed by atoms with Crippen molar-refractivity contribution in [3.63, 3.8) is 0 Å². The third kappa shape index (κ3) is 5.50. The summed E-state index contributed by atoms with van der Waals surface area (Å²) in [6.45, 7) is 1.83. The molecule has 0 radical (unpaired) electrons. The van der Waals surface area contributed by atoms with E-state index in [1.165, 1.54) is 6.07 Å². The van der Waals surface area contributed by atoms with Crippen molar-refractivity contribution < 1.29 is 18.0 Å². The highest BCUT2D eigenvalue weighted by molar-refractivity contribution is 7.99. The van der Waals surface area contributed by atoms with Crippen molar-refractivity contribution in [3.05, 3.63) is 50.9 Å².